The molecular weight excluding hydrogens is 632 g/mol. The van der Waals surface area contributed by atoms with Crippen molar-refractivity contribution < 1.29 is 24.0 Å². The molecule has 0 spiro atoms. The Morgan fingerprint density at radius 2 is 0.720 bits per heavy atom. The fourth-order valence-electron chi connectivity index (χ4n) is 5.45. The smallest absolute Gasteiger partial charge is 0.221 e. The number of rotatable bonds is 37. The van der Waals surface area contributed by atoms with Gasteiger partial charge in [-0.15, -0.1) is 0 Å². The van der Waals surface area contributed by atoms with E-state index >= 15 is 0 Å². The van der Waals surface area contributed by atoms with Crippen LogP contribution < -0.4 is 16.0 Å². The van der Waals surface area contributed by atoms with Gasteiger partial charge in [-0.1, -0.05) is 53.9 Å². The van der Waals surface area contributed by atoms with E-state index < -0.39 is 0 Å². The third-order valence-corrected chi connectivity index (χ3v) is 8.95. The van der Waals surface area contributed by atoms with E-state index in [0.29, 0.717) is 103 Å². The second-order valence-corrected chi connectivity index (χ2v) is 13.7. The summed E-state index contributed by atoms with van der Waals surface area (Å²) in [6.45, 7) is 19.3. The van der Waals surface area contributed by atoms with E-state index in [0.717, 1.165) is 90.6 Å². The van der Waals surface area contributed by atoms with Gasteiger partial charge in [-0.2, -0.15) is 0 Å². The van der Waals surface area contributed by atoms with Crippen molar-refractivity contribution >= 4 is 29.2 Å². The molecule has 0 aromatic heterocycles. The van der Waals surface area contributed by atoms with Crippen LogP contribution in [0.15, 0.2) is 0 Å². The normalized spacial score (nSPS) is 11.4. The molecule has 0 atom stereocenters. The van der Waals surface area contributed by atoms with Gasteiger partial charge >= 0.3 is 0 Å². The summed E-state index contributed by atoms with van der Waals surface area (Å²) in [5, 5.41) is 9.29. The predicted molar refractivity (Wildman–Crippen MR) is 205 cm³/mol. The van der Waals surface area contributed by atoms with Crippen LogP contribution in [-0.4, -0.2) is 129 Å². The molecular formula is C39H76N6O5. The monoisotopic (exact) mass is 709 g/mol. The Labute approximate surface area is 305 Å². The minimum Gasteiger partial charge on any atom is -0.356 e. The maximum absolute atomic E-state index is 12.6. The standard InChI is InChI=1S/C39H76N6O5/c1-6-11-14-35(46)18-26-43(27-19-36(47)15-12-7-2)31-33-45(29-21-39(50)42-23-10-5)34-32-44(28-20-37(48)16-13-8-3)30-25-40-24-17-38(49)41-22-9-4/h40H,6-34H2,1-5H3,(H,41,49)(H,42,50). The molecule has 11 heteroatoms. The van der Waals surface area contributed by atoms with E-state index in [-0.39, 0.29) is 23.4 Å². The molecule has 50 heavy (non-hydrogen) atoms. The van der Waals surface area contributed by atoms with Crippen LogP contribution in [0.1, 0.15) is 137 Å². The Morgan fingerprint density at radius 1 is 0.360 bits per heavy atom. The van der Waals surface area contributed by atoms with Crippen LogP contribution in [0, 0.1) is 0 Å². The Balaban J connectivity index is 5.53. The van der Waals surface area contributed by atoms with E-state index in [2.05, 4.69) is 51.4 Å². The highest BCUT2D eigenvalue weighted by Crippen LogP contribution is 2.06. The number of nitrogens with zero attached hydrogens (tertiary/aromatic N) is 3. The first-order chi connectivity index (χ1) is 24.2. The Morgan fingerprint density at radius 3 is 1.12 bits per heavy atom. The summed E-state index contributed by atoms with van der Waals surface area (Å²) in [4.78, 5) is 69.1. The maximum atomic E-state index is 12.6. The fraction of sp³-hybridized carbons (Fsp3) is 0.872. The van der Waals surface area contributed by atoms with Crippen LogP contribution in [0.25, 0.3) is 0 Å². The van der Waals surface area contributed by atoms with Crippen LogP contribution in [0.2, 0.25) is 0 Å². The van der Waals surface area contributed by atoms with Gasteiger partial charge in [-0.3, -0.25) is 24.0 Å². The van der Waals surface area contributed by atoms with E-state index in [1.807, 2.05) is 13.8 Å². The van der Waals surface area contributed by atoms with E-state index in [4.69, 9.17) is 0 Å². The molecule has 0 bridgehead atoms. The quantitative estimate of drug-likeness (QED) is 0.0782. The van der Waals surface area contributed by atoms with Crippen molar-refractivity contribution in [1.82, 2.24) is 30.7 Å². The van der Waals surface area contributed by atoms with Gasteiger partial charge in [0.15, 0.2) is 0 Å². The third-order valence-electron chi connectivity index (χ3n) is 8.95. The van der Waals surface area contributed by atoms with Crippen molar-refractivity contribution in [3.05, 3.63) is 0 Å². The molecule has 0 aromatic carbocycles. The van der Waals surface area contributed by atoms with E-state index in [9.17, 15) is 24.0 Å². The van der Waals surface area contributed by atoms with Gasteiger partial charge in [0.1, 0.15) is 17.3 Å². The Bertz CT molecular complexity index is 878. The number of hydrogen-bond acceptors (Lipinski definition) is 9. The summed E-state index contributed by atoms with van der Waals surface area (Å²) in [6.07, 6.45) is 11.7. The molecule has 0 unspecified atom stereocenters. The minimum atomic E-state index is 0.0438. The summed E-state index contributed by atoms with van der Waals surface area (Å²) in [6, 6.07) is 0. The first-order valence-electron chi connectivity index (χ1n) is 20.1. The zero-order valence-corrected chi connectivity index (χ0v) is 32.9. The number of nitrogens with one attached hydrogen (secondary N) is 3. The van der Waals surface area contributed by atoms with Crippen molar-refractivity contribution in [2.45, 2.75) is 137 Å². The second kappa shape index (κ2) is 33.9. The summed E-state index contributed by atoms with van der Waals surface area (Å²) >= 11 is 0. The molecule has 2 amide bonds. The number of carbonyl (C=O) groups excluding carboxylic acids is 5. The molecule has 0 aromatic rings. The summed E-state index contributed by atoms with van der Waals surface area (Å²) in [7, 11) is 0. The highest BCUT2D eigenvalue weighted by atomic mass is 16.2. The SMILES string of the molecule is CCCCC(=O)CCN(CCNCCC(=O)NCCC)CCN(CCC(=O)NCCC)CCN(CCC(=O)CCCC)CCC(=O)CCCC. The second-order valence-electron chi connectivity index (χ2n) is 13.7. The molecule has 0 radical (unpaired) electrons. The fourth-order valence-corrected chi connectivity index (χ4v) is 5.45. The average molecular weight is 709 g/mol. The topological polar surface area (TPSA) is 131 Å². The van der Waals surface area contributed by atoms with Crippen molar-refractivity contribution in [3.63, 3.8) is 0 Å². The summed E-state index contributed by atoms with van der Waals surface area (Å²) in [5.74, 6) is 0.943. The van der Waals surface area contributed by atoms with Crippen molar-refractivity contribution in [1.29, 1.82) is 0 Å². The van der Waals surface area contributed by atoms with Gasteiger partial charge in [0.2, 0.25) is 11.8 Å². The lowest BCUT2D eigenvalue weighted by molar-refractivity contribution is -0.122. The Kier molecular flexibility index (Phi) is 32.4. The van der Waals surface area contributed by atoms with Crippen LogP contribution in [0.5, 0.6) is 0 Å². The first kappa shape index (κ1) is 47.8. The zero-order valence-electron chi connectivity index (χ0n) is 32.9. The molecule has 0 heterocycles. The van der Waals surface area contributed by atoms with E-state index in [1.165, 1.54) is 0 Å². The lowest BCUT2D eigenvalue weighted by atomic mass is 10.1. The summed E-state index contributed by atoms with van der Waals surface area (Å²) in [5.41, 5.74) is 0. The molecule has 0 aliphatic rings. The van der Waals surface area contributed by atoms with Crippen molar-refractivity contribution in [2.75, 3.05) is 85.1 Å². The number of unbranched alkanes of at least 4 members (excludes halogenated alkanes) is 3. The highest BCUT2D eigenvalue weighted by Gasteiger charge is 2.16. The predicted octanol–water partition coefficient (Wildman–Crippen LogP) is 4.76. The number of amides is 2. The molecule has 0 saturated heterocycles. The molecule has 0 rings (SSSR count). The number of carbonyl (C=O) groups is 5. The largest absolute Gasteiger partial charge is 0.356 e. The van der Waals surface area contributed by atoms with Gasteiger partial charge < -0.3 is 30.7 Å². The third kappa shape index (κ3) is 29.5. The van der Waals surface area contributed by atoms with Gasteiger partial charge in [0.05, 0.1) is 0 Å². The average Bonchev–Trinajstić information content (AvgIpc) is 3.11. The highest BCUT2D eigenvalue weighted by molar-refractivity contribution is 5.79. The zero-order chi connectivity index (χ0) is 37.2. The van der Waals surface area contributed by atoms with Crippen LogP contribution in [0.4, 0.5) is 0 Å². The minimum absolute atomic E-state index is 0.0438. The number of ketones is 3. The number of Topliss-reactive ketones (excluding diaryl/α,β-unsaturated/α-hetero) is 3. The van der Waals surface area contributed by atoms with Gasteiger partial charge in [-0.05, 0) is 32.1 Å². The van der Waals surface area contributed by atoms with Crippen LogP contribution >= 0.6 is 0 Å². The molecule has 0 fully saturated rings. The van der Waals surface area contributed by atoms with Crippen LogP contribution in [0.3, 0.4) is 0 Å². The molecule has 0 aliphatic carbocycles. The van der Waals surface area contributed by atoms with Crippen molar-refractivity contribution in [3.8, 4) is 0 Å². The molecule has 292 valence electrons. The van der Waals surface area contributed by atoms with Gasteiger partial charge in [-0.25, -0.2) is 0 Å². The molecule has 0 saturated carbocycles. The lowest BCUT2D eigenvalue weighted by Gasteiger charge is -2.30. The number of hydrogen-bond donors (Lipinski definition) is 3. The van der Waals surface area contributed by atoms with Gasteiger partial charge in [0.25, 0.3) is 0 Å². The lowest BCUT2D eigenvalue weighted by Crippen LogP contribution is -2.43. The molecule has 0 aliphatic heterocycles. The first-order valence-corrected chi connectivity index (χ1v) is 20.1. The Hall–Kier alpha value is -2.21. The van der Waals surface area contributed by atoms with Crippen molar-refractivity contribution in [2.24, 2.45) is 0 Å². The van der Waals surface area contributed by atoms with Crippen LogP contribution in [-0.2, 0) is 24.0 Å². The summed E-state index contributed by atoms with van der Waals surface area (Å²) < 4.78 is 0. The molecule has 11 nitrogen and oxygen atoms in total. The van der Waals surface area contributed by atoms with Gasteiger partial charge in [0, 0.05) is 136 Å². The molecule has 3 N–H and O–H groups in total. The van der Waals surface area contributed by atoms with E-state index in [1.54, 1.807) is 0 Å². The maximum Gasteiger partial charge on any atom is 0.221 e.